The second kappa shape index (κ2) is 7.34. The Morgan fingerprint density at radius 1 is 1.13 bits per heavy atom. The predicted octanol–water partition coefficient (Wildman–Crippen LogP) is 5.07. The molecule has 1 N–H and O–H groups in total. The Kier molecular flexibility index (Phi) is 5.46. The largest absolute Gasteiger partial charge is 0.271 e. The van der Waals surface area contributed by atoms with Crippen molar-refractivity contribution in [3.05, 3.63) is 54.1 Å². The highest BCUT2D eigenvalue weighted by Crippen LogP contribution is 2.35. The lowest BCUT2D eigenvalue weighted by Gasteiger charge is -2.21. The third-order valence-corrected chi connectivity index (χ3v) is 4.11. The number of thioether (sulfide) groups is 1. The van der Waals surface area contributed by atoms with Crippen LogP contribution in [0.3, 0.4) is 0 Å². The van der Waals surface area contributed by atoms with E-state index in [0.717, 1.165) is 16.8 Å². The van der Waals surface area contributed by atoms with Crippen molar-refractivity contribution in [3.63, 3.8) is 0 Å². The molecule has 0 unspecified atom stereocenters. The van der Waals surface area contributed by atoms with Gasteiger partial charge in [0, 0.05) is 5.56 Å². The van der Waals surface area contributed by atoms with Gasteiger partial charge in [-0.1, -0.05) is 68.9 Å². The van der Waals surface area contributed by atoms with Gasteiger partial charge in [-0.15, -0.1) is 0 Å². The molecule has 2 aromatic carbocycles. The lowest BCUT2D eigenvalue weighted by atomic mass is 9.85. The van der Waals surface area contributed by atoms with Crippen molar-refractivity contribution in [2.24, 2.45) is 4.99 Å². The monoisotopic (exact) mass is 323 g/mol. The van der Waals surface area contributed by atoms with Gasteiger partial charge in [0.1, 0.15) is 0 Å². The molecule has 3 nitrogen and oxygen atoms in total. The summed E-state index contributed by atoms with van der Waals surface area (Å²) in [5.41, 5.74) is 4.38. The van der Waals surface area contributed by atoms with Gasteiger partial charge in [-0.3, -0.25) is 5.32 Å². The molecule has 0 amide bonds. The van der Waals surface area contributed by atoms with Crippen LogP contribution in [0.2, 0.25) is 0 Å². The molecule has 0 aliphatic rings. The Hall–Kier alpha value is -2.25. The molecule has 2 aromatic rings. The van der Waals surface area contributed by atoms with Crippen LogP contribution >= 0.6 is 11.8 Å². The maximum absolute atomic E-state index is 8.83. The highest BCUT2D eigenvalue weighted by Gasteiger charge is 2.16. The van der Waals surface area contributed by atoms with Gasteiger partial charge < -0.3 is 0 Å². The van der Waals surface area contributed by atoms with Gasteiger partial charge in [-0.05, 0) is 34.9 Å². The molecule has 0 fully saturated rings. The highest BCUT2D eigenvalue weighted by molar-refractivity contribution is 8.13. The van der Waals surface area contributed by atoms with Crippen LogP contribution in [-0.2, 0) is 5.41 Å². The highest BCUT2D eigenvalue weighted by atomic mass is 32.2. The third-order valence-electron chi connectivity index (χ3n) is 3.53. The number of rotatable bonds is 2. The van der Waals surface area contributed by atoms with Gasteiger partial charge in [0.2, 0.25) is 0 Å². The van der Waals surface area contributed by atoms with Crippen molar-refractivity contribution in [1.29, 1.82) is 5.26 Å². The molecule has 0 aliphatic carbocycles. The van der Waals surface area contributed by atoms with Gasteiger partial charge in [-0.2, -0.15) is 5.26 Å². The van der Waals surface area contributed by atoms with E-state index in [1.54, 1.807) is 0 Å². The molecule has 4 heteroatoms. The maximum Gasteiger partial charge on any atom is 0.183 e. The minimum Gasteiger partial charge on any atom is -0.271 e. The van der Waals surface area contributed by atoms with Crippen LogP contribution in [0.1, 0.15) is 26.3 Å². The summed E-state index contributed by atoms with van der Waals surface area (Å²) in [5.74, 6) is 0. The molecule has 0 saturated heterocycles. The van der Waals surface area contributed by atoms with Gasteiger partial charge in [0.25, 0.3) is 0 Å². The van der Waals surface area contributed by atoms with Crippen molar-refractivity contribution in [3.8, 4) is 17.3 Å². The average molecular weight is 323 g/mol. The van der Waals surface area contributed by atoms with E-state index < -0.39 is 0 Å². The van der Waals surface area contributed by atoms with E-state index in [4.69, 9.17) is 5.26 Å². The van der Waals surface area contributed by atoms with E-state index in [1.165, 1.54) is 17.3 Å². The summed E-state index contributed by atoms with van der Waals surface area (Å²) in [6.07, 6.45) is 3.83. The zero-order valence-electron chi connectivity index (χ0n) is 13.9. The number of nitrogens with one attached hydrogen (secondary N) is 1. The van der Waals surface area contributed by atoms with Crippen molar-refractivity contribution >= 4 is 22.6 Å². The van der Waals surface area contributed by atoms with E-state index in [9.17, 15) is 0 Å². The fraction of sp³-hybridized carbons (Fsp3) is 0.263. The Bertz CT molecular complexity index is 737. The first-order valence-corrected chi connectivity index (χ1v) is 8.66. The number of hydrogen-bond donors (Lipinski definition) is 1. The fourth-order valence-electron chi connectivity index (χ4n) is 2.23. The summed E-state index contributed by atoms with van der Waals surface area (Å²) in [5, 5.41) is 12.0. The number of nitriles is 1. The van der Waals surface area contributed by atoms with Crippen molar-refractivity contribution in [2.45, 2.75) is 26.2 Å². The van der Waals surface area contributed by atoms with Crippen molar-refractivity contribution < 1.29 is 0 Å². The molecule has 0 aromatic heterocycles. The van der Waals surface area contributed by atoms with Crippen LogP contribution < -0.4 is 5.32 Å². The van der Waals surface area contributed by atoms with Gasteiger partial charge in [-0.25, -0.2) is 4.99 Å². The smallest absolute Gasteiger partial charge is 0.183 e. The van der Waals surface area contributed by atoms with Crippen molar-refractivity contribution in [1.82, 2.24) is 5.32 Å². The first kappa shape index (κ1) is 17.1. The molecule has 0 radical (unpaired) electrons. The van der Waals surface area contributed by atoms with Gasteiger partial charge >= 0.3 is 0 Å². The van der Waals surface area contributed by atoms with Gasteiger partial charge in [0.15, 0.2) is 11.4 Å². The van der Waals surface area contributed by atoms with E-state index in [1.807, 2.05) is 36.7 Å². The molecule has 0 heterocycles. The van der Waals surface area contributed by atoms with E-state index in [0.29, 0.717) is 5.17 Å². The lowest BCUT2D eigenvalue weighted by Crippen LogP contribution is -2.13. The predicted molar refractivity (Wildman–Crippen MR) is 99.9 cm³/mol. The molecule has 2 rings (SSSR count). The SMILES string of the molecule is CSC(=Nc1ccc(C(C)(C)C)cc1-c1ccccc1)NC#N. The van der Waals surface area contributed by atoms with Crippen molar-refractivity contribution in [2.75, 3.05) is 6.26 Å². The zero-order valence-corrected chi connectivity index (χ0v) is 14.7. The molecule has 0 aliphatic heterocycles. The molecular formula is C19H21N3S. The van der Waals surface area contributed by atoms with Gasteiger partial charge in [0.05, 0.1) is 5.69 Å². The molecule has 0 spiro atoms. The second-order valence-electron chi connectivity index (χ2n) is 6.21. The Morgan fingerprint density at radius 2 is 1.83 bits per heavy atom. The summed E-state index contributed by atoms with van der Waals surface area (Å²) in [6, 6.07) is 16.5. The lowest BCUT2D eigenvalue weighted by molar-refractivity contribution is 0.590. The van der Waals surface area contributed by atoms with Crippen LogP contribution in [0.5, 0.6) is 0 Å². The first-order valence-electron chi connectivity index (χ1n) is 7.43. The summed E-state index contributed by atoms with van der Waals surface area (Å²) >= 11 is 1.42. The first-order chi connectivity index (χ1) is 11.0. The quantitative estimate of drug-likeness (QED) is 0.363. The minimum atomic E-state index is 0.0685. The molecule has 0 atom stereocenters. The van der Waals surface area contributed by atoms with Crippen LogP contribution in [0.25, 0.3) is 11.1 Å². The van der Waals surface area contributed by atoms with Crippen LogP contribution in [0.4, 0.5) is 5.69 Å². The number of amidine groups is 1. The zero-order chi connectivity index (χ0) is 16.9. The van der Waals surface area contributed by atoms with Crippen LogP contribution in [-0.4, -0.2) is 11.4 Å². The third kappa shape index (κ3) is 4.37. The minimum absolute atomic E-state index is 0.0685. The Balaban J connectivity index is 2.61. The van der Waals surface area contributed by atoms with E-state index in [2.05, 4.69) is 55.3 Å². The summed E-state index contributed by atoms with van der Waals surface area (Å²) < 4.78 is 0. The summed E-state index contributed by atoms with van der Waals surface area (Å²) in [4.78, 5) is 4.61. The molecule has 0 saturated carbocycles. The number of aliphatic imine (C=N–C) groups is 1. The summed E-state index contributed by atoms with van der Waals surface area (Å²) in [6.45, 7) is 6.60. The summed E-state index contributed by atoms with van der Waals surface area (Å²) in [7, 11) is 0. The Morgan fingerprint density at radius 3 is 2.39 bits per heavy atom. The fourth-order valence-corrected chi connectivity index (χ4v) is 2.57. The average Bonchev–Trinajstić information content (AvgIpc) is 2.54. The number of nitrogens with zero attached hydrogens (tertiary/aromatic N) is 2. The van der Waals surface area contributed by atoms with Crippen LogP contribution in [0.15, 0.2) is 53.5 Å². The normalized spacial score (nSPS) is 11.9. The molecule has 0 bridgehead atoms. The molecular weight excluding hydrogens is 302 g/mol. The number of hydrogen-bond acceptors (Lipinski definition) is 3. The van der Waals surface area contributed by atoms with E-state index >= 15 is 0 Å². The van der Waals surface area contributed by atoms with Crippen LogP contribution in [0, 0.1) is 11.5 Å². The van der Waals surface area contributed by atoms with E-state index in [-0.39, 0.29) is 5.41 Å². The second-order valence-corrected chi connectivity index (χ2v) is 7.00. The topological polar surface area (TPSA) is 48.2 Å². The molecule has 118 valence electrons. The number of benzene rings is 2. The molecule has 23 heavy (non-hydrogen) atoms. The maximum atomic E-state index is 8.83. The Labute approximate surface area is 142 Å². The standard InChI is InChI=1S/C19H21N3S/c1-19(2,3)15-10-11-17(22-18(23-4)21-13-20)16(12-15)14-8-6-5-7-9-14/h5-12H,1-4H3,(H,21,22).